The van der Waals surface area contributed by atoms with E-state index in [0.29, 0.717) is 27.6 Å². The SMILES string of the molecule is O=C1c2ccc(Oc3ccc(Cl)cc3)cc2C(=O)C2C3C=CC(C3)C12. The van der Waals surface area contributed by atoms with Gasteiger partial charge in [-0.3, -0.25) is 9.59 Å². The van der Waals surface area contributed by atoms with Gasteiger partial charge < -0.3 is 4.74 Å². The van der Waals surface area contributed by atoms with Crippen molar-refractivity contribution >= 4 is 23.2 Å². The van der Waals surface area contributed by atoms with Crippen LogP contribution in [0.25, 0.3) is 0 Å². The Kier molecular flexibility index (Phi) is 3.16. The average molecular weight is 351 g/mol. The van der Waals surface area contributed by atoms with E-state index >= 15 is 0 Å². The van der Waals surface area contributed by atoms with E-state index in [1.54, 1.807) is 42.5 Å². The van der Waals surface area contributed by atoms with Gasteiger partial charge in [0.2, 0.25) is 0 Å². The van der Waals surface area contributed by atoms with Crippen LogP contribution in [0.2, 0.25) is 5.02 Å². The Morgan fingerprint density at radius 3 is 2.08 bits per heavy atom. The summed E-state index contributed by atoms with van der Waals surface area (Å²) in [6.07, 6.45) is 5.14. The molecule has 0 spiro atoms. The maximum absolute atomic E-state index is 13.0. The van der Waals surface area contributed by atoms with Gasteiger partial charge in [-0.05, 0) is 60.7 Å². The minimum Gasteiger partial charge on any atom is -0.457 e. The van der Waals surface area contributed by atoms with Gasteiger partial charge in [0.15, 0.2) is 11.6 Å². The highest BCUT2D eigenvalue weighted by Crippen LogP contribution is 2.53. The van der Waals surface area contributed by atoms with Crippen molar-refractivity contribution in [1.29, 1.82) is 0 Å². The molecule has 0 aromatic heterocycles. The number of Topliss-reactive ketones (excluding diaryl/α,β-unsaturated/α-hetero) is 2. The summed E-state index contributed by atoms with van der Waals surface area (Å²) in [5.41, 5.74) is 1.04. The molecule has 0 saturated heterocycles. The van der Waals surface area contributed by atoms with Crippen LogP contribution < -0.4 is 4.74 Å². The summed E-state index contributed by atoms with van der Waals surface area (Å²) in [5, 5.41) is 0.633. The summed E-state index contributed by atoms with van der Waals surface area (Å²) in [7, 11) is 0. The first-order valence-corrected chi connectivity index (χ1v) is 8.84. The lowest BCUT2D eigenvalue weighted by molar-refractivity contribution is 0.0720. The normalized spacial score (nSPS) is 28.8. The van der Waals surface area contributed by atoms with Crippen LogP contribution in [-0.4, -0.2) is 11.6 Å². The second-order valence-corrected chi connectivity index (χ2v) is 7.43. The zero-order valence-corrected chi connectivity index (χ0v) is 14.1. The van der Waals surface area contributed by atoms with Crippen LogP contribution in [0.4, 0.5) is 0 Å². The fourth-order valence-corrected chi connectivity index (χ4v) is 4.67. The van der Waals surface area contributed by atoms with Crippen molar-refractivity contribution in [3.8, 4) is 11.5 Å². The number of benzene rings is 2. The lowest BCUT2D eigenvalue weighted by atomic mass is 9.69. The van der Waals surface area contributed by atoms with Crippen LogP contribution in [0.3, 0.4) is 0 Å². The fourth-order valence-electron chi connectivity index (χ4n) is 4.54. The number of rotatable bonds is 2. The quantitative estimate of drug-likeness (QED) is 0.720. The lowest BCUT2D eigenvalue weighted by Crippen LogP contribution is -2.38. The Morgan fingerprint density at radius 2 is 1.40 bits per heavy atom. The third-order valence-corrected chi connectivity index (χ3v) is 5.89. The van der Waals surface area contributed by atoms with E-state index in [-0.39, 0.29) is 35.2 Å². The van der Waals surface area contributed by atoms with Crippen LogP contribution in [0, 0.1) is 23.7 Å². The van der Waals surface area contributed by atoms with E-state index in [1.165, 1.54) is 0 Å². The summed E-state index contributed by atoms with van der Waals surface area (Å²) in [6.45, 7) is 0. The number of hydrogen-bond donors (Lipinski definition) is 0. The molecule has 0 N–H and O–H groups in total. The Morgan fingerprint density at radius 1 is 0.800 bits per heavy atom. The number of carbonyl (C=O) groups excluding carboxylic acids is 2. The van der Waals surface area contributed by atoms with Crippen LogP contribution in [0.5, 0.6) is 11.5 Å². The van der Waals surface area contributed by atoms with E-state index < -0.39 is 0 Å². The molecule has 4 atom stereocenters. The summed E-state index contributed by atoms with van der Waals surface area (Å²) in [6, 6.07) is 12.2. The highest BCUT2D eigenvalue weighted by molar-refractivity contribution is 6.30. The van der Waals surface area contributed by atoms with E-state index in [4.69, 9.17) is 16.3 Å². The van der Waals surface area contributed by atoms with E-state index in [9.17, 15) is 9.59 Å². The topological polar surface area (TPSA) is 43.4 Å². The van der Waals surface area contributed by atoms with Crippen LogP contribution in [0.15, 0.2) is 54.6 Å². The number of ether oxygens (including phenoxy) is 1. The van der Waals surface area contributed by atoms with Crippen molar-refractivity contribution in [3.05, 3.63) is 70.8 Å². The molecule has 2 aromatic rings. The van der Waals surface area contributed by atoms with E-state index in [0.717, 1.165) is 6.42 Å². The monoisotopic (exact) mass is 350 g/mol. The molecular formula is C21H15ClO3. The molecule has 1 fully saturated rings. The number of fused-ring (bicyclic) bond motifs is 6. The summed E-state index contributed by atoms with van der Waals surface area (Å²) < 4.78 is 5.82. The van der Waals surface area contributed by atoms with Crippen LogP contribution >= 0.6 is 11.6 Å². The standard InChI is InChI=1S/C21H15ClO3/c22-13-3-5-14(6-4-13)25-15-7-8-16-17(10-15)21(24)19-12-2-1-11(9-12)18(19)20(16)23/h1-8,10-12,18-19H,9H2. The zero-order valence-electron chi connectivity index (χ0n) is 13.3. The molecule has 0 aliphatic heterocycles. The van der Waals surface area contributed by atoms with E-state index in [1.807, 2.05) is 0 Å². The molecule has 4 unspecified atom stereocenters. The highest BCUT2D eigenvalue weighted by atomic mass is 35.5. The fraction of sp³-hybridized carbons (Fsp3) is 0.238. The first kappa shape index (κ1) is 14.9. The average Bonchev–Trinajstić information content (AvgIpc) is 3.23. The molecule has 25 heavy (non-hydrogen) atoms. The van der Waals surface area contributed by atoms with Gasteiger partial charge in [-0.2, -0.15) is 0 Å². The molecule has 0 radical (unpaired) electrons. The third-order valence-electron chi connectivity index (χ3n) is 5.64. The van der Waals surface area contributed by atoms with Crippen molar-refractivity contribution in [2.75, 3.05) is 0 Å². The lowest BCUT2D eigenvalue weighted by Gasteiger charge is -2.31. The van der Waals surface area contributed by atoms with Gasteiger partial charge in [-0.15, -0.1) is 0 Å². The van der Waals surface area contributed by atoms with Crippen molar-refractivity contribution < 1.29 is 14.3 Å². The number of allylic oxidation sites excluding steroid dienone is 2. The smallest absolute Gasteiger partial charge is 0.168 e. The number of halogens is 1. The molecule has 0 amide bonds. The largest absolute Gasteiger partial charge is 0.457 e. The van der Waals surface area contributed by atoms with Gasteiger partial charge in [0.1, 0.15) is 11.5 Å². The zero-order chi connectivity index (χ0) is 17.1. The van der Waals surface area contributed by atoms with Crippen LogP contribution in [-0.2, 0) is 0 Å². The first-order valence-electron chi connectivity index (χ1n) is 8.46. The Labute approximate surface area is 150 Å². The Bertz CT molecular complexity index is 929. The minimum atomic E-state index is -0.194. The molecule has 1 saturated carbocycles. The maximum atomic E-state index is 13.0. The molecule has 4 heteroatoms. The van der Waals surface area contributed by atoms with Crippen molar-refractivity contribution in [2.24, 2.45) is 23.7 Å². The molecule has 3 nitrogen and oxygen atoms in total. The van der Waals surface area contributed by atoms with Gasteiger partial charge in [0.05, 0.1) is 0 Å². The predicted molar refractivity (Wildman–Crippen MR) is 94.3 cm³/mol. The number of hydrogen-bond acceptors (Lipinski definition) is 3. The molecule has 3 aliphatic carbocycles. The number of carbonyl (C=O) groups is 2. The molecule has 5 rings (SSSR count). The summed E-state index contributed by atoms with van der Waals surface area (Å²) in [5.74, 6) is 1.45. The van der Waals surface area contributed by atoms with Gasteiger partial charge in [-0.25, -0.2) is 0 Å². The van der Waals surface area contributed by atoms with Crippen molar-refractivity contribution in [2.45, 2.75) is 6.42 Å². The maximum Gasteiger partial charge on any atom is 0.168 e. The minimum absolute atomic E-state index is 0.0815. The van der Waals surface area contributed by atoms with Crippen LogP contribution in [0.1, 0.15) is 27.1 Å². The second kappa shape index (κ2) is 5.30. The Balaban J connectivity index is 1.51. The third kappa shape index (κ3) is 2.19. The Hall–Kier alpha value is -2.39. The molecule has 2 aromatic carbocycles. The first-order chi connectivity index (χ1) is 12.1. The summed E-state index contributed by atoms with van der Waals surface area (Å²) >= 11 is 5.88. The van der Waals surface area contributed by atoms with E-state index in [2.05, 4.69) is 12.2 Å². The molecule has 3 aliphatic rings. The molecule has 0 heterocycles. The van der Waals surface area contributed by atoms with Gasteiger partial charge in [0.25, 0.3) is 0 Å². The summed E-state index contributed by atoms with van der Waals surface area (Å²) in [4.78, 5) is 25.9. The van der Waals surface area contributed by atoms with Gasteiger partial charge in [-0.1, -0.05) is 23.8 Å². The van der Waals surface area contributed by atoms with Crippen molar-refractivity contribution in [3.63, 3.8) is 0 Å². The van der Waals surface area contributed by atoms with Gasteiger partial charge in [0, 0.05) is 28.0 Å². The van der Waals surface area contributed by atoms with Gasteiger partial charge >= 0.3 is 0 Å². The molecular weight excluding hydrogens is 336 g/mol. The molecule has 124 valence electrons. The second-order valence-electron chi connectivity index (χ2n) is 6.99. The number of ketones is 2. The predicted octanol–water partition coefficient (Wildman–Crippen LogP) is 4.95. The molecule has 2 bridgehead atoms. The van der Waals surface area contributed by atoms with Crippen molar-refractivity contribution in [1.82, 2.24) is 0 Å². The highest BCUT2D eigenvalue weighted by Gasteiger charge is 2.54.